The van der Waals surface area contributed by atoms with Crippen molar-refractivity contribution in [2.45, 2.75) is 33.6 Å². The largest absolute Gasteiger partial charge is 0.417 e. The number of nitrogens with zero attached hydrogens (tertiary/aromatic N) is 2. The van der Waals surface area contributed by atoms with Crippen LogP contribution in [0.15, 0.2) is 115 Å². The first kappa shape index (κ1) is 73.6. The van der Waals surface area contributed by atoms with E-state index in [0.717, 1.165) is 35.9 Å². The Morgan fingerprint density at radius 1 is 0.439 bits per heavy atom. The lowest BCUT2D eigenvalue weighted by Crippen LogP contribution is -2.22. The molecule has 0 fully saturated rings. The summed E-state index contributed by atoms with van der Waals surface area (Å²) in [4.78, 5) is 86.8. The number of halogens is 11. The van der Waals surface area contributed by atoms with Gasteiger partial charge in [0.05, 0.1) is 63.3 Å². The van der Waals surface area contributed by atoms with Crippen LogP contribution in [0.3, 0.4) is 0 Å². The molecule has 6 N–H and O–H groups in total. The van der Waals surface area contributed by atoms with E-state index in [4.69, 9.17) is 46.4 Å². The number of non-ortho nitro benzene ring substituents is 1. The number of alkyl halides is 6. The third-order valence-corrected chi connectivity index (χ3v) is 11.4. The van der Waals surface area contributed by atoms with Gasteiger partial charge in [-0.15, -0.1) is 0 Å². The molecule has 0 aliphatic heterocycles. The Hall–Kier alpha value is -8.39. The van der Waals surface area contributed by atoms with Gasteiger partial charge in [-0.05, 0) is 91.7 Å². The molecule has 0 saturated carbocycles. The third-order valence-electron chi connectivity index (χ3n) is 10.1. The monoisotopic (exact) mass is 1230 g/mol. The second-order valence-electron chi connectivity index (χ2n) is 15.4. The molecule has 0 unspecified atom stereocenters. The quantitative estimate of drug-likeness (QED) is 0.0477. The minimum atomic E-state index is -4.75. The summed E-state index contributed by atoms with van der Waals surface area (Å²) in [6.07, 6.45) is -9.22. The Morgan fingerprint density at radius 3 is 1.33 bits per heavy atom. The number of nitro benzene ring substituents is 2. The second-order valence-corrected chi connectivity index (χ2v) is 17.0. The number of carbonyl (C=O) groups is 6. The molecule has 0 heterocycles. The predicted molar refractivity (Wildman–Crippen MR) is 299 cm³/mol. The average molecular weight is 1240 g/mol. The van der Waals surface area contributed by atoms with Crippen LogP contribution in [0, 0.1) is 39.9 Å². The Labute approximate surface area is 485 Å². The predicted octanol–water partition coefficient (Wildman–Crippen LogP) is 12.1. The molecule has 6 rings (SSSR count). The fraction of sp³-hybridized carbons (Fsp3) is 0.208. The van der Waals surface area contributed by atoms with Crippen molar-refractivity contribution < 1.29 is 69.3 Å². The lowest BCUT2D eigenvalue weighted by Gasteiger charge is -2.11. The number of benzene rings is 6. The first-order chi connectivity index (χ1) is 37.8. The smallest absolute Gasteiger partial charge is 0.355 e. The topological polar surface area (TPSA) is 261 Å². The van der Waals surface area contributed by atoms with Gasteiger partial charge >= 0.3 is 12.4 Å². The van der Waals surface area contributed by atoms with Crippen LogP contribution in [0.5, 0.6) is 0 Å². The highest BCUT2D eigenvalue weighted by Gasteiger charge is 2.35. The van der Waals surface area contributed by atoms with Crippen molar-refractivity contribution in [1.82, 2.24) is 31.9 Å². The van der Waals surface area contributed by atoms with Crippen LogP contribution in [0.4, 0.5) is 42.1 Å². The van der Waals surface area contributed by atoms with E-state index in [0.29, 0.717) is 43.4 Å². The van der Waals surface area contributed by atoms with Gasteiger partial charge in [-0.1, -0.05) is 84.2 Å². The number of para-hydroxylation sites is 1. The first-order valence-corrected chi connectivity index (χ1v) is 24.0. The summed E-state index contributed by atoms with van der Waals surface area (Å²) in [7, 11) is 8.58. The lowest BCUT2D eigenvalue weighted by atomic mass is 10.1. The SMILES string of the molecule is C.CNC(=O)c1c(C)cccc1Cl.CNC(=O)c1c(Cl)cccc1Cl.CNC(=O)c1cc(C(F)(F)F)ccc1Cl.CNC(=O)c1ccc(F)cc1C(F)(F)F.CNC(=O)c1ccc([N+](=O)[O-])cc1C.CNC(=O)c1ccccc1[N+](=O)[O-]. The summed E-state index contributed by atoms with van der Waals surface area (Å²) in [6, 6.07) is 24.8. The molecule has 0 spiro atoms. The summed E-state index contributed by atoms with van der Waals surface area (Å²) in [5.41, 5.74) is -0.233. The number of rotatable bonds is 8. The number of aryl methyl sites for hydroxylation is 2. The highest BCUT2D eigenvalue weighted by atomic mass is 35.5. The van der Waals surface area contributed by atoms with Crippen molar-refractivity contribution in [1.29, 1.82) is 0 Å². The van der Waals surface area contributed by atoms with Gasteiger partial charge in [-0.2, -0.15) is 26.3 Å². The summed E-state index contributed by atoms with van der Waals surface area (Å²) in [5.74, 6) is -3.68. The fourth-order valence-corrected chi connectivity index (χ4v) is 7.17. The molecular weight excluding hydrogens is 1180 g/mol. The van der Waals surface area contributed by atoms with E-state index < -0.39 is 62.4 Å². The molecule has 442 valence electrons. The number of hydrogen-bond donors (Lipinski definition) is 6. The number of nitrogens with one attached hydrogen (secondary N) is 6. The van der Waals surface area contributed by atoms with Gasteiger partial charge in [0, 0.05) is 66.0 Å². The molecule has 6 aromatic carbocycles. The van der Waals surface area contributed by atoms with Crippen molar-refractivity contribution in [3.63, 3.8) is 0 Å². The van der Waals surface area contributed by atoms with Crippen molar-refractivity contribution in [3.05, 3.63) is 217 Å². The Kier molecular flexibility index (Phi) is 31.1. The van der Waals surface area contributed by atoms with Crippen LogP contribution in [-0.4, -0.2) is 87.6 Å². The molecule has 0 atom stereocenters. The van der Waals surface area contributed by atoms with Gasteiger partial charge < -0.3 is 31.9 Å². The molecule has 0 aliphatic rings. The van der Waals surface area contributed by atoms with E-state index in [9.17, 15) is 79.7 Å². The molecule has 0 bridgehead atoms. The molecular formula is C53H53Cl4F7N8O10. The number of carbonyl (C=O) groups excluding carboxylic acids is 6. The Morgan fingerprint density at radius 2 is 0.878 bits per heavy atom. The molecule has 6 amide bonds. The van der Waals surface area contributed by atoms with Gasteiger partial charge in [-0.25, -0.2) is 4.39 Å². The third kappa shape index (κ3) is 22.6. The van der Waals surface area contributed by atoms with Crippen molar-refractivity contribution in [2.24, 2.45) is 0 Å². The molecule has 0 radical (unpaired) electrons. The van der Waals surface area contributed by atoms with E-state index in [1.807, 2.05) is 19.1 Å². The zero-order valence-electron chi connectivity index (χ0n) is 43.6. The van der Waals surface area contributed by atoms with Crippen LogP contribution < -0.4 is 31.9 Å². The highest BCUT2D eigenvalue weighted by Crippen LogP contribution is 2.33. The minimum Gasteiger partial charge on any atom is -0.355 e. The Balaban J connectivity index is 0.000000960. The van der Waals surface area contributed by atoms with Crippen LogP contribution in [0.2, 0.25) is 20.1 Å². The van der Waals surface area contributed by atoms with Gasteiger partial charge in [0.25, 0.3) is 46.8 Å². The summed E-state index contributed by atoms with van der Waals surface area (Å²) in [5, 5.41) is 36.1. The van der Waals surface area contributed by atoms with Crippen molar-refractivity contribution in [3.8, 4) is 0 Å². The molecule has 82 heavy (non-hydrogen) atoms. The minimum absolute atomic E-state index is 0. The average Bonchev–Trinajstić information content (AvgIpc) is 3.44. The van der Waals surface area contributed by atoms with E-state index in [1.165, 1.54) is 71.6 Å². The van der Waals surface area contributed by atoms with Crippen LogP contribution >= 0.6 is 46.4 Å². The summed E-state index contributed by atoms with van der Waals surface area (Å²) >= 11 is 22.9. The molecule has 0 saturated heterocycles. The van der Waals surface area contributed by atoms with Gasteiger partial charge in [0.1, 0.15) is 11.4 Å². The van der Waals surface area contributed by atoms with Crippen LogP contribution in [-0.2, 0) is 12.4 Å². The molecule has 6 aromatic rings. The van der Waals surface area contributed by atoms with Gasteiger partial charge in [0.2, 0.25) is 0 Å². The zero-order chi connectivity index (χ0) is 62.1. The van der Waals surface area contributed by atoms with Crippen LogP contribution in [0.1, 0.15) is 91.8 Å². The highest BCUT2D eigenvalue weighted by molar-refractivity contribution is 6.39. The van der Waals surface area contributed by atoms with Gasteiger partial charge in [0.15, 0.2) is 0 Å². The van der Waals surface area contributed by atoms with Gasteiger partial charge in [-0.3, -0.25) is 49.0 Å². The molecule has 18 nitrogen and oxygen atoms in total. The summed E-state index contributed by atoms with van der Waals surface area (Å²) < 4.78 is 86.6. The van der Waals surface area contributed by atoms with Crippen molar-refractivity contribution in [2.75, 3.05) is 42.3 Å². The molecule has 0 aliphatic carbocycles. The molecule has 29 heteroatoms. The summed E-state index contributed by atoms with van der Waals surface area (Å²) in [6.45, 7) is 3.52. The maximum atomic E-state index is 12.6. The van der Waals surface area contributed by atoms with E-state index in [1.54, 1.807) is 44.3 Å². The fourth-order valence-electron chi connectivity index (χ4n) is 6.09. The van der Waals surface area contributed by atoms with E-state index >= 15 is 0 Å². The van der Waals surface area contributed by atoms with Crippen molar-refractivity contribution >= 4 is 93.2 Å². The molecule has 0 aromatic heterocycles. The lowest BCUT2D eigenvalue weighted by molar-refractivity contribution is -0.385. The number of amides is 6. The van der Waals surface area contributed by atoms with E-state index in [-0.39, 0.29) is 52.7 Å². The Bertz CT molecular complexity index is 3140. The zero-order valence-corrected chi connectivity index (χ0v) is 46.6. The normalized spacial score (nSPS) is 10.0. The standard InChI is InChI=1S/C9H7ClF3NO.C9H10ClNO.C9H7F4NO.C9H10N2O3.C8H7Cl2NO.C8H8N2O3.CH4/c1-14-8(15)6-4-5(9(11,12)13)2-3-7(6)10;1-6-4-3-5-7(10)8(6)9(12)11-2;1-14-8(15)6-3-2-5(10)4-7(6)9(11,12)13;1-6-5-7(11(13)14)3-4-8(6)9(12)10-2;1-11-8(12)7-5(9)3-2-4-6(7)10;1-9-8(11)6-4-2-3-5-7(6)10(12)13;/h2-4H,1H3,(H,14,15);3-5H,1-2H3,(H,11,12);2-4H,1H3,(H,14,15);3-5H,1-2H3,(H,10,12);2-4H,1H3,(H,11,12);2-5H,1H3,(H,9,11);1H4. The first-order valence-electron chi connectivity index (χ1n) is 22.5. The second kappa shape index (κ2) is 34.7. The number of nitro groups is 2. The maximum Gasteiger partial charge on any atom is 0.417 e. The number of hydrogen-bond acceptors (Lipinski definition) is 10. The van der Waals surface area contributed by atoms with E-state index in [2.05, 4.69) is 31.9 Å². The van der Waals surface area contributed by atoms with Crippen LogP contribution in [0.25, 0.3) is 0 Å². The maximum absolute atomic E-state index is 12.6.